The molecule has 1 aliphatic heterocycles. The zero-order valence-corrected chi connectivity index (χ0v) is 9.32. The van der Waals surface area contributed by atoms with Gasteiger partial charge in [0.25, 0.3) is 0 Å². The first-order valence-electron chi connectivity index (χ1n) is 5.41. The van der Waals surface area contributed by atoms with Crippen molar-refractivity contribution in [1.29, 1.82) is 0 Å². The van der Waals surface area contributed by atoms with Gasteiger partial charge >= 0.3 is 0 Å². The Bertz CT molecular complexity index is 167. The van der Waals surface area contributed by atoms with Crippen LogP contribution in [0.5, 0.6) is 0 Å². The van der Waals surface area contributed by atoms with E-state index in [-0.39, 0.29) is 12.5 Å². The van der Waals surface area contributed by atoms with E-state index in [9.17, 15) is 8.78 Å². The lowest BCUT2D eigenvalue weighted by molar-refractivity contribution is 0.0987. The Morgan fingerprint density at radius 1 is 1.29 bits per heavy atom. The lowest BCUT2D eigenvalue weighted by Gasteiger charge is -2.37. The molecular weight excluding hydrogens is 184 g/mol. The molecule has 1 N–H and O–H groups in total. The minimum absolute atomic E-state index is 0.0108. The molecule has 0 aromatic rings. The summed E-state index contributed by atoms with van der Waals surface area (Å²) in [4.78, 5) is 0. The summed E-state index contributed by atoms with van der Waals surface area (Å²) in [6.07, 6.45) is -0.185. The van der Waals surface area contributed by atoms with Gasteiger partial charge in [-0.3, -0.25) is 0 Å². The third kappa shape index (κ3) is 3.52. The average molecular weight is 205 g/mol. The van der Waals surface area contributed by atoms with Crippen LogP contribution in [-0.2, 0) is 0 Å². The summed E-state index contributed by atoms with van der Waals surface area (Å²) in [5, 5.41) is 3.23. The Balaban J connectivity index is 2.31. The van der Waals surface area contributed by atoms with Crippen molar-refractivity contribution >= 4 is 0 Å². The van der Waals surface area contributed by atoms with Gasteiger partial charge in [-0.1, -0.05) is 20.8 Å². The van der Waals surface area contributed by atoms with Crippen LogP contribution in [0.4, 0.5) is 8.78 Å². The highest BCUT2D eigenvalue weighted by Crippen LogP contribution is 2.32. The first-order valence-corrected chi connectivity index (χ1v) is 5.41. The molecule has 2 unspecified atom stereocenters. The molecule has 1 aliphatic rings. The molecule has 0 radical (unpaired) electrons. The molecule has 0 aromatic carbocycles. The molecule has 1 nitrogen and oxygen atoms in total. The van der Waals surface area contributed by atoms with Crippen LogP contribution < -0.4 is 5.32 Å². The van der Waals surface area contributed by atoms with Crippen molar-refractivity contribution < 1.29 is 8.78 Å². The van der Waals surface area contributed by atoms with Crippen molar-refractivity contribution in [3.63, 3.8) is 0 Å². The van der Waals surface area contributed by atoms with E-state index in [0.29, 0.717) is 11.3 Å². The zero-order valence-electron chi connectivity index (χ0n) is 9.32. The van der Waals surface area contributed by atoms with Crippen molar-refractivity contribution in [2.45, 2.75) is 52.5 Å². The number of hydrogen-bond donors (Lipinski definition) is 1. The van der Waals surface area contributed by atoms with Crippen molar-refractivity contribution in [2.75, 3.05) is 6.54 Å². The van der Waals surface area contributed by atoms with Crippen molar-refractivity contribution in [2.24, 2.45) is 11.3 Å². The lowest BCUT2D eigenvalue weighted by atomic mass is 9.75. The van der Waals surface area contributed by atoms with Crippen LogP contribution in [0.1, 0.15) is 40.0 Å². The van der Waals surface area contributed by atoms with Crippen molar-refractivity contribution in [3.8, 4) is 0 Å². The Morgan fingerprint density at radius 2 is 1.93 bits per heavy atom. The molecule has 1 rings (SSSR count). The normalized spacial score (nSPS) is 29.6. The molecule has 1 saturated heterocycles. The van der Waals surface area contributed by atoms with Crippen LogP contribution in [-0.4, -0.2) is 19.0 Å². The summed E-state index contributed by atoms with van der Waals surface area (Å²) in [5.41, 5.74) is 0.294. The Morgan fingerprint density at radius 3 is 2.29 bits per heavy atom. The first kappa shape index (κ1) is 11.9. The SMILES string of the molecule is CC(C)(C)C1CCC(CC(F)F)NC1. The predicted molar refractivity (Wildman–Crippen MR) is 54.6 cm³/mol. The van der Waals surface area contributed by atoms with E-state index >= 15 is 0 Å². The number of alkyl halides is 2. The van der Waals surface area contributed by atoms with E-state index in [4.69, 9.17) is 0 Å². The van der Waals surface area contributed by atoms with E-state index in [2.05, 4.69) is 26.1 Å². The number of rotatable bonds is 2. The van der Waals surface area contributed by atoms with E-state index in [1.54, 1.807) is 0 Å². The molecule has 1 heterocycles. The summed E-state index contributed by atoms with van der Waals surface area (Å²) in [6, 6.07) is 0.0357. The van der Waals surface area contributed by atoms with Crippen LogP contribution in [0.3, 0.4) is 0 Å². The zero-order chi connectivity index (χ0) is 10.8. The smallest absolute Gasteiger partial charge is 0.240 e. The molecule has 1 fully saturated rings. The number of hydrogen-bond acceptors (Lipinski definition) is 1. The fourth-order valence-corrected chi connectivity index (χ4v) is 2.07. The van der Waals surface area contributed by atoms with Gasteiger partial charge < -0.3 is 5.32 Å². The minimum atomic E-state index is -2.17. The van der Waals surface area contributed by atoms with Gasteiger partial charge in [0.15, 0.2) is 0 Å². The van der Waals surface area contributed by atoms with E-state index in [0.717, 1.165) is 19.4 Å². The van der Waals surface area contributed by atoms with Crippen LogP contribution >= 0.6 is 0 Å². The highest BCUT2D eigenvalue weighted by molar-refractivity contribution is 4.84. The van der Waals surface area contributed by atoms with Crippen LogP contribution in [0, 0.1) is 11.3 Å². The quantitative estimate of drug-likeness (QED) is 0.730. The highest BCUT2D eigenvalue weighted by Gasteiger charge is 2.30. The molecule has 0 spiro atoms. The minimum Gasteiger partial charge on any atom is -0.313 e. The first-order chi connectivity index (χ1) is 6.39. The summed E-state index contributed by atoms with van der Waals surface area (Å²) < 4.78 is 24.2. The number of piperidine rings is 1. The van der Waals surface area contributed by atoms with Gasteiger partial charge in [-0.25, -0.2) is 8.78 Å². The largest absolute Gasteiger partial charge is 0.313 e. The summed E-state index contributed by atoms with van der Waals surface area (Å²) in [6.45, 7) is 7.53. The van der Waals surface area contributed by atoms with Gasteiger partial charge in [-0.05, 0) is 30.7 Å². The number of nitrogens with one attached hydrogen (secondary N) is 1. The third-order valence-electron chi connectivity index (χ3n) is 3.20. The second-order valence-electron chi connectivity index (χ2n) is 5.37. The van der Waals surface area contributed by atoms with Crippen LogP contribution in [0.2, 0.25) is 0 Å². The van der Waals surface area contributed by atoms with E-state index < -0.39 is 6.43 Å². The van der Waals surface area contributed by atoms with Crippen LogP contribution in [0.25, 0.3) is 0 Å². The molecule has 2 atom stereocenters. The molecule has 0 aromatic heterocycles. The fraction of sp³-hybridized carbons (Fsp3) is 1.00. The molecule has 14 heavy (non-hydrogen) atoms. The molecule has 84 valence electrons. The standard InChI is InChI=1S/C11H21F2N/c1-11(2,3)8-4-5-9(14-7-8)6-10(12)13/h8-10,14H,4-7H2,1-3H3. The Hall–Kier alpha value is -0.180. The van der Waals surface area contributed by atoms with Gasteiger partial charge in [0.05, 0.1) is 0 Å². The lowest BCUT2D eigenvalue weighted by Crippen LogP contribution is -2.43. The predicted octanol–water partition coefficient (Wildman–Crippen LogP) is 3.06. The molecular formula is C11H21F2N. The Labute approximate surface area is 85.3 Å². The van der Waals surface area contributed by atoms with Gasteiger partial charge in [0, 0.05) is 12.5 Å². The second-order valence-corrected chi connectivity index (χ2v) is 5.37. The maximum atomic E-state index is 12.1. The highest BCUT2D eigenvalue weighted by atomic mass is 19.3. The summed E-state index contributed by atoms with van der Waals surface area (Å²) in [5.74, 6) is 0.622. The summed E-state index contributed by atoms with van der Waals surface area (Å²) >= 11 is 0. The molecule has 0 bridgehead atoms. The topological polar surface area (TPSA) is 12.0 Å². The third-order valence-corrected chi connectivity index (χ3v) is 3.20. The van der Waals surface area contributed by atoms with Gasteiger partial charge in [-0.2, -0.15) is 0 Å². The van der Waals surface area contributed by atoms with Gasteiger partial charge in [0.2, 0.25) is 6.43 Å². The molecule has 0 amide bonds. The van der Waals surface area contributed by atoms with E-state index in [1.165, 1.54) is 0 Å². The molecule has 0 aliphatic carbocycles. The second kappa shape index (κ2) is 4.56. The van der Waals surface area contributed by atoms with Gasteiger partial charge in [0.1, 0.15) is 0 Å². The molecule has 3 heteroatoms. The maximum absolute atomic E-state index is 12.1. The monoisotopic (exact) mass is 205 g/mol. The van der Waals surface area contributed by atoms with Crippen molar-refractivity contribution in [1.82, 2.24) is 5.32 Å². The van der Waals surface area contributed by atoms with Crippen LogP contribution in [0.15, 0.2) is 0 Å². The number of halogens is 2. The summed E-state index contributed by atoms with van der Waals surface area (Å²) in [7, 11) is 0. The Kier molecular flexibility index (Phi) is 3.87. The average Bonchev–Trinajstić information content (AvgIpc) is 2.02. The van der Waals surface area contributed by atoms with E-state index in [1.807, 2.05) is 0 Å². The maximum Gasteiger partial charge on any atom is 0.240 e. The fourth-order valence-electron chi connectivity index (χ4n) is 2.07. The van der Waals surface area contributed by atoms with Gasteiger partial charge in [-0.15, -0.1) is 0 Å². The molecule has 0 saturated carbocycles. The van der Waals surface area contributed by atoms with Crippen molar-refractivity contribution in [3.05, 3.63) is 0 Å².